The number of hydrogen-bond acceptors (Lipinski definition) is 4. The third-order valence-electron chi connectivity index (χ3n) is 4.71. The molecule has 1 heterocycles. The molecule has 1 amide bonds. The molecular formula is C23H26N2O3S. The highest BCUT2D eigenvalue weighted by Gasteiger charge is 2.16. The molecule has 0 saturated carbocycles. The molecule has 0 saturated heterocycles. The Morgan fingerprint density at radius 2 is 1.79 bits per heavy atom. The zero-order valence-electron chi connectivity index (χ0n) is 17.0. The average molecular weight is 411 g/mol. The molecule has 0 aliphatic heterocycles. The van der Waals surface area contributed by atoms with Crippen LogP contribution in [-0.4, -0.2) is 27.4 Å². The summed E-state index contributed by atoms with van der Waals surface area (Å²) in [6, 6.07) is 16.0. The fourth-order valence-electron chi connectivity index (χ4n) is 2.99. The molecule has 6 heteroatoms. The maximum absolute atomic E-state index is 12.4. The van der Waals surface area contributed by atoms with E-state index in [0.29, 0.717) is 23.9 Å². The second-order valence-corrected chi connectivity index (χ2v) is 8.61. The SMILES string of the molecule is Cc1ccc(CCNC(=O)C[S@@](=O)Cc2nc(-c3ccccc3C)oc2C)cc1. The number of nitrogens with zero attached hydrogens (tertiary/aromatic N) is 1. The Kier molecular flexibility index (Phi) is 6.99. The van der Waals surface area contributed by atoms with E-state index in [4.69, 9.17) is 4.42 Å². The quantitative estimate of drug-likeness (QED) is 0.612. The minimum absolute atomic E-state index is 0.0418. The Hall–Kier alpha value is -2.73. The topological polar surface area (TPSA) is 72.2 Å². The van der Waals surface area contributed by atoms with Crippen molar-refractivity contribution in [3.63, 3.8) is 0 Å². The van der Waals surface area contributed by atoms with Crippen molar-refractivity contribution in [3.05, 3.63) is 76.7 Å². The van der Waals surface area contributed by atoms with Crippen molar-refractivity contribution in [3.8, 4) is 11.5 Å². The van der Waals surface area contributed by atoms with Gasteiger partial charge < -0.3 is 9.73 Å². The van der Waals surface area contributed by atoms with Gasteiger partial charge in [-0.25, -0.2) is 4.98 Å². The van der Waals surface area contributed by atoms with Crippen LogP contribution in [0.3, 0.4) is 0 Å². The average Bonchev–Trinajstić information content (AvgIpc) is 3.03. The van der Waals surface area contributed by atoms with Crippen LogP contribution in [0.5, 0.6) is 0 Å². The van der Waals surface area contributed by atoms with Gasteiger partial charge >= 0.3 is 0 Å². The van der Waals surface area contributed by atoms with Gasteiger partial charge in [-0.2, -0.15) is 0 Å². The molecule has 0 fully saturated rings. The molecule has 3 rings (SSSR count). The van der Waals surface area contributed by atoms with Crippen molar-refractivity contribution in [2.24, 2.45) is 0 Å². The van der Waals surface area contributed by atoms with Crippen molar-refractivity contribution < 1.29 is 13.4 Å². The molecular weight excluding hydrogens is 384 g/mol. The van der Waals surface area contributed by atoms with Crippen LogP contribution in [0.4, 0.5) is 0 Å². The second-order valence-electron chi connectivity index (χ2n) is 7.15. The highest BCUT2D eigenvalue weighted by Crippen LogP contribution is 2.25. The number of hydrogen-bond donors (Lipinski definition) is 1. The van der Waals surface area contributed by atoms with Gasteiger partial charge in [0, 0.05) is 22.9 Å². The summed E-state index contributed by atoms with van der Waals surface area (Å²) in [6.45, 7) is 6.37. The van der Waals surface area contributed by atoms with Crippen molar-refractivity contribution in [1.29, 1.82) is 0 Å². The molecule has 0 unspecified atom stereocenters. The first kappa shape index (κ1) is 21.0. The second kappa shape index (κ2) is 9.65. The Bertz CT molecular complexity index is 1010. The smallest absolute Gasteiger partial charge is 0.232 e. The largest absolute Gasteiger partial charge is 0.441 e. The van der Waals surface area contributed by atoms with Crippen LogP contribution in [0.15, 0.2) is 52.9 Å². The summed E-state index contributed by atoms with van der Waals surface area (Å²) in [5.74, 6) is 1.11. The minimum Gasteiger partial charge on any atom is -0.441 e. The summed E-state index contributed by atoms with van der Waals surface area (Å²) in [5.41, 5.74) is 4.99. The number of amides is 1. The van der Waals surface area contributed by atoms with Crippen LogP contribution in [0.25, 0.3) is 11.5 Å². The molecule has 29 heavy (non-hydrogen) atoms. The van der Waals surface area contributed by atoms with Gasteiger partial charge in [-0.05, 0) is 44.4 Å². The summed E-state index contributed by atoms with van der Waals surface area (Å²) in [5, 5.41) is 2.84. The number of aromatic nitrogens is 1. The van der Waals surface area contributed by atoms with Crippen LogP contribution >= 0.6 is 0 Å². The van der Waals surface area contributed by atoms with Crippen molar-refractivity contribution >= 4 is 16.7 Å². The van der Waals surface area contributed by atoms with Crippen LogP contribution in [0, 0.1) is 20.8 Å². The molecule has 2 aromatic carbocycles. The zero-order valence-corrected chi connectivity index (χ0v) is 17.8. The zero-order chi connectivity index (χ0) is 20.8. The lowest BCUT2D eigenvalue weighted by Crippen LogP contribution is -2.30. The van der Waals surface area contributed by atoms with Crippen molar-refractivity contribution in [2.45, 2.75) is 32.9 Å². The van der Waals surface area contributed by atoms with Gasteiger partial charge in [0.05, 0.1) is 11.4 Å². The van der Waals surface area contributed by atoms with Gasteiger partial charge in [0.1, 0.15) is 11.5 Å². The molecule has 152 valence electrons. The number of rotatable bonds is 8. The lowest BCUT2D eigenvalue weighted by molar-refractivity contribution is -0.118. The molecule has 0 aliphatic rings. The number of oxazole rings is 1. The third-order valence-corrected chi connectivity index (χ3v) is 5.89. The van der Waals surface area contributed by atoms with Crippen LogP contribution in [0.2, 0.25) is 0 Å². The maximum atomic E-state index is 12.4. The van der Waals surface area contributed by atoms with Gasteiger partial charge in [0.25, 0.3) is 0 Å². The van der Waals surface area contributed by atoms with Gasteiger partial charge in [-0.15, -0.1) is 0 Å². The van der Waals surface area contributed by atoms with E-state index < -0.39 is 10.8 Å². The molecule has 0 radical (unpaired) electrons. The van der Waals surface area contributed by atoms with Gasteiger partial charge in [-0.1, -0.05) is 48.0 Å². The minimum atomic E-state index is -1.35. The number of carbonyl (C=O) groups excluding carboxylic acids is 1. The molecule has 5 nitrogen and oxygen atoms in total. The molecule has 3 aromatic rings. The molecule has 0 aliphatic carbocycles. The van der Waals surface area contributed by atoms with Crippen molar-refractivity contribution in [1.82, 2.24) is 10.3 Å². The van der Waals surface area contributed by atoms with E-state index in [2.05, 4.69) is 34.6 Å². The van der Waals surface area contributed by atoms with Crippen LogP contribution in [-0.2, 0) is 27.8 Å². The van der Waals surface area contributed by atoms with E-state index in [1.165, 1.54) is 11.1 Å². The number of aryl methyl sites for hydroxylation is 3. The summed E-state index contributed by atoms with van der Waals surface area (Å²) < 4.78 is 18.2. The number of carbonyl (C=O) groups is 1. The van der Waals surface area contributed by atoms with Crippen molar-refractivity contribution in [2.75, 3.05) is 12.3 Å². The number of benzene rings is 2. The van der Waals surface area contributed by atoms with E-state index >= 15 is 0 Å². The normalized spacial score (nSPS) is 12.0. The standard InChI is InChI=1S/C23H26N2O3S/c1-16-8-10-19(11-9-16)12-13-24-22(26)15-29(27)14-21-18(3)28-23(25-21)20-7-5-4-6-17(20)2/h4-11H,12-15H2,1-3H3,(H,24,26)/t29-/m0/s1. The van der Waals surface area contributed by atoms with Gasteiger partial charge in [-0.3, -0.25) is 9.00 Å². The maximum Gasteiger partial charge on any atom is 0.232 e. The predicted molar refractivity (Wildman–Crippen MR) is 116 cm³/mol. The lowest BCUT2D eigenvalue weighted by atomic mass is 10.1. The highest BCUT2D eigenvalue weighted by molar-refractivity contribution is 7.84. The van der Waals surface area contributed by atoms with Crippen LogP contribution < -0.4 is 5.32 Å². The van der Waals surface area contributed by atoms with E-state index in [0.717, 1.165) is 17.5 Å². The first-order chi connectivity index (χ1) is 13.9. The highest BCUT2D eigenvalue weighted by atomic mass is 32.2. The summed E-state index contributed by atoms with van der Waals surface area (Å²) in [4.78, 5) is 16.6. The van der Waals surface area contributed by atoms with E-state index in [9.17, 15) is 9.00 Å². The summed E-state index contributed by atoms with van der Waals surface area (Å²) in [6.07, 6.45) is 0.751. The Labute approximate surface area is 174 Å². The Morgan fingerprint density at radius 1 is 1.07 bits per heavy atom. The molecule has 1 aromatic heterocycles. The van der Waals surface area contributed by atoms with E-state index in [1.807, 2.05) is 45.0 Å². The summed E-state index contributed by atoms with van der Waals surface area (Å²) in [7, 11) is -1.35. The van der Waals surface area contributed by atoms with E-state index in [-0.39, 0.29) is 17.4 Å². The monoisotopic (exact) mass is 410 g/mol. The number of nitrogens with one attached hydrogen (secondary N) is 1. The third kappa shape index (κ3) is 5.87. The van der Waals surface area contributed by atoms with Gasteiger partial charge in [0.15, 0.2) is 0 Å². The first-order valence-corrected chi connectivity index (χ1v) is 11.1. The Balaban J connectivity index is 1.50. The first-order valence-electron chi connectivity index (χ1n) is 9.62. The summed E-state index contributed by atoms with van der Waals surface area (Å²) >= 11 is 0. The molecule has 0 bridgehead atoms. The fraction of sp³-hybridized carbons (Fsp3) is 0.304. The molecule has 0 spiro atoms. The fourth-order valence-corrected chi connectivity index (χ4v) is 4.06. The lowest BCUT2D eigenvalue weighted by Gasteiger charge is -2.05. The molecule has 1 N–H and O–H groups in total. The Morgan fingerprint density at radius 3 is 2.52 bits per heavy atom. The predicted octanol–water partition coefficient (Wildman–Crippen LogP) is 3.87. The van der Waals surface area contributed by atoms with Gasteiger partial charge in [0.2, 0.25) is 11.8 Å². The van der Waals surface area contributed by atoms with E-state index in [1.54, 1.807) is 0 Å². The molecule has 1 atom stereocenters. The van der Waals surface area contributed by atoms with Crippen LogP contribution in [0.1, 0.15) is 28.1 Å².